The van der Waals surface area contributed by atoms with Crippen molar-refractivity contribution in [2.45, 2.75) is 38.8 Å². The van der Waals surface area contributed by atoms with Gasteiger partial charge in [0.1, 0.15) is 5.75 Å². The topological polar surface area (TPSA) is 126 Å². The van der Waals surface area contributed by atoms with Crippen LogP contribution in [0, 0.1) is 0 Å². The van der Waals surface area contributed by atoms with Gasteiger partial charge < -0.3 is 21.1 Å². The van der Waals surface area contributed by atoms with Crippen molar-refractivity contribution in [1.29, 1.82) is 0 Å². The van der Waals surface area contributed by atoms with Gasteiger partial charge in [-0.3, -0.25) is 9.79 Å². The molecule has 1 heterocycles. The van der Waals surface area contributed by atoms with E-state index in [9.17, 15) is 13.2 Å². The van der Waals surface area contributed by atoms with Crippen molar-refractivity contribution in [1.82, 2.24) is 14.9 Å². The molecule has 1 aromatic carbocycles. The van der Waals surface area contributed by atoms with Gasteiger partial charge in [0, 0.05) is 32.7 Å². The standard InChI is InChI=1S/C19H31N5O4S.HI/c1-3-11-29(26,27)24-9-7-16(8-10-24)23-19(21-2)22-13-15-5-4-6-17(12-15)28-14-18(20)25;/h4-6,12,16H,3,7-11,13-14H2,1-2H3,(H2,20,25)(H2,21,22,23);1H. The van der Waals surface area contributed by atoms with Crippen molar-refractivity contribution in [3.8, 4) is 5.75 Å². The number of amides is 1. The lowest BCUT2D eigenvalue weighted by molar-refractivity contribution is -0.119. The Bertz CT molecular complexity index is 811. The average Bonchev–Trinajstić information content (AvgIpc) is 2.70. The van der Waals surface area contributed by atoms with E-state index in [-0.39, 0.29) is 42.4 Å². The Morgan fingerprint density at radius 1 is 1.33 bits per heavy atom. The maximum atomic E-state index is 12.2. The van der Waals surface area contributed by atoms with E-state index in [1.165, 1.54) is 0 Å². The summed E-state index contributed by atoms with van der Waals surface area (Å²) in [4.78, 5) is 15.1. The number of hydrogen-bond acceptors (Lipinski definition) is 5. The molecule has 0 spiro atoms. The summed E-state index contributed by atoms with van der Waals surface area (Å²) in [6.45, 7) is 3.29. The van der Waals surface area contributed by atoms with Gasteiger partial charge >= 0.3 is 0 Å². The first-order valence-electron chi connectivity index (χ1n) is 9.79. The molecule has 30 heavy (non-hydrogen) atoms. The molecule has 0 aliphatic carbocycles. The fraction of sp³-hybridized carbons (Fsp3) is 0.579. The summed E-state index contributed by atoms with van der Waals surface area (Å²) in [5, 5.41) is 6.61. The molecule has 1 aliphatic heterocycles. The van der Waals surface area contributed by atoms with Crippen LogP contribution in [0.3, 0.4) is 0 Å². The van der Waals surface area contributed by atoms with Crippen molar-refractivity contribution < 1.29 is 17.9 Å². The molecule has 0 atom stereocenters. The first-order chi connectivity index (χ1) is 13.8. The summed E-state index contributed by atoms with van der Waals surface area (Å²) in [5.74, 6) is 0.915. The second kappa shape index (κ2) is 13.0. The molecular weight excluding hydrogens is 521 g/mol. The average molecular weight is 553 g/mol. The van der Waals surface area contributed by atoms with Crippen molar-refractivity contribution in [2.75, 3.05) is 32.5 Å². The molecule has 0 bridgehead atoms. The van der Waals surface area contributed by atoms with E-state index >= 15 is 0 Å². The Kier molecular flexibility index (Phi) is 11.4. The molecule has 0 radical (unpaired) electrons. The second-order valence-corrected chi connectivity index (χ2v) is 9.05. The highest BCUT2D eigenvalue weighted by molar-refractivity contribution is 14.0. The van der Waals surface area contributed by atoms with Crippen LogP contribution in [0.2, 0.25) is 0 Å². The first-order valence-corrected chi connectivity index (χ1v) is 11.4. The lowest BCUT2D eigenvalue weighted by Gasteiger charge is -2.32. The molecule has 11 heteroatoms. The van der Waals surface area contributed by atoms with Crippen LogP contribution in [0.1, 0.15) is 31.7 Å². The molecule has 170 valence electrons. The van der Waals surface area contributed by atoms with E-state index < -0.39 is 15.9 Å². The van der Waals surface area contributed by atoms with Gasteiger partial charge in [-0.1, -0.05) is 19.1 Å². The highest BCUT2D eigenvalue weighted by atomic mass is 127. The van der Waals surface area contributed by atoms with Gasteiger partial charge in [0.05, 0.1) is 5.75 Å². The molecule has 2 rings (SSSR count). The van der Waals surface area contributed by atoms with Crippen LogP contribution in [0.25, 0.3) is 0 Å². The number of carbonyl (C=O) groups excluding carboxylic acids is 1. The van der Waals surface area contributed by atoms with Crippen LogP contribution >= 0.6 is 24.0 Å². The summed E-state index contributed by atoms with van der Waals surface area (Å²) in [6, 6.07) is 7.55. The fourth-order valence-electron chi connectivity index (χ4n) is 3.14. The maximum absolute atomic E-state index is 12.2. The molecule has 0 unspecified atom stereocenters. The maximum Gasteiger partial charge on any atom is 0.255 e. The third-order valence-electron chi connectivity index (χ3n) is 4.61. The van der Waals surface area contributed by atoms with Gasteiger partial charge in [0.25, 0.3) is 5.91 Å². The Morgan fingerprint density at radius 2 is 2.03 bits per heavy atom. The number of rotatable bonds is 9. The number of nitrogens with one attached hydrogen (secondary N) is 2. The molecule has 1 aromatic rings. The van der Waals surface area contributed by atoms with Gasteiger partial charge in [0.15, 0.2) is 12.6 Å². The van der Waals surface area contributed by atoms with Crippen molar-refractivity contribution in [3.63, 3.8) is 0 Å². The predicted molar refractivity (Wildman–Crippen MR) is 129 cm³/mol. The molecule has 4 N–H and O–H groups in total. The molecule has 1 saturated heterocycles. The van der Waals surface area contributed by atoms with Crippen LogP contribution < -0.4 is 21.1 Å². The van der Waals surface area contributed by atoms with Gasteiger partial charge in [-0.25, -0.2) is 12.7 Å². The van der Waals surface area contributed by atoms with E-state index in [0.717, 1.165) is 18.4 Å². The number of guanidine groups is 1. The quantitative estimate of drug-likeness (QED) is 0.238. The van der Waals surface area contributed by atoms with Gasteiger partial charge in [0.2, 0.25) is 10.0 Å². The van der Waals surface area contributed by atoms with Crippen LogP contribution in [0.15, 0.2) is 29.3 Å². The third-order valence-corrected chi connectivity index (χ3v) is 6.69. The number of halogens is 1. The van der Waals surface area contributed by atoms with Crippen LogP contribution in [-0.4, -0.2) is 63.1 Å². The number of hydrogen-bond donors (Lipinski definition) is 3. The molecule has 1 amide bonds. The smallest absolute Gasteiger partial charge is 0.255 e. The number of sulfonamides is 1. The molecule has 0 saturated carbocycles. The van der Waals surface area contributed by atoms with E-state index in [2.05, 4.69) is 15.6 Å². The van der Waals surface area contributed by atoms with E-state index in [4.69, 9.17) is 10.5 Å². The summed E-state index contributed by atoms with van der Waals surface area (Å²) in [7, 11) is -1.44. The van der Waals surface area contributed by atoms with Crippen molar-refractivity contribution in [3.05, 3.63) is 29.8 Å². The summed E-state index contributed by atoms with van der Waals surface area (Å²) in [5.41, 5.74) is 6.06. The van der Waals surface area contributed by atoms with Gasteiger partial charge in [-0.2, -0.15) is 0 Å². The lowest BCUT2D eigenvalue weighted by atomic mass is 10.1. The largest absolute Gasteiger partial charge is 0.484 e. The Labute approximate surface area is 195 Å². The summed E-state index contributed by atoms with van der Waals surface area (Å²) < 4.78 is 31.3. The number of primary amides is 1. The second-order valence-electron chi connectivity index (χ2n) is 6.96. The van der Waals surface area contributed by atoms with E-state index in [0.29, 0.717) is 37.8 Å². The third kappa shape index (κ3) is 8.64. The van der Waals surface area contributed by atoms with E-state index in [1.54, 1.807) is 17.4 Å². The van der Waals surface area contributed by atoms with Gasteiger partial charge in [-0.15, -0.1) is 24.0 Å². The number of carbonyl (C=O) groups is 1. The fourth-order valence-corrected chi connectivity index (χ4v) is 4.68. The Balaban J connectivity index is 0.00000450. The van der Waals surface area contributed by atoms with Crippen molar-refractivity contribution >= 4 is 45.9 Å². The highest BCUT2D eigenvalue weighted by Crippen LogP contribution is 2.15. The zero-order valence-electron chi connectivity index (χ0n) is 17.5. The normalized spacial score (nSPS) is 15.9. The summed E-state index contributed by atoms with van der Waals surface area (Å²) in [6.07, 6.45) is 2.10. The number of benzene rings is 1. The molecule has 0 aromatic heterocycles. The number of ether oxygens (including phenoxy) is 1. The monoisotopic (exact) mass is 553 g/mol. The molecular formula is C19H32IN5O4S. The van der Waals surface area contributed by atoms with Crippen LogP contribution in [0.5, 0.6) is 5.75 Å². The highest BCUT2D eigenvalue weighted by Gasteiger charge is 2.27. The predicted octanol–water partition coefficient (Wildman–Crippen LogP) is 1.04. The minimum atomic E-state index is -3.13. The molecule has 9 nitrogen and oxygen atoms in total. The minimum absolute atomic E-state index is 0. The number of nitrogens with two attached hydrogens (primary N) is 1. The number of nitrogens with zero attached hydrogens (tertiary/aromatic N) is 2. The van der Waals surface area contributed by atoms with Gasteiger partial charge in [-0.05, 0) is 37.0 Å². The van der Waals surface area contributed by atoms with E-state index in [1.807, 2.05) is 25.1 Å². The van der Waals surface area contributed by atoms with Crippen LogP contribution in [-0.2, 0) is 21.4 Å². The number of piperidine rings is 1. The Hall–Kier alpha value is -1.60. The SMILES string of the molecule is CCCS(=O)(=O)N1CCC(NC(=NC)NCc2cccc(OCC(N)=O)c2)CC1.I. The first kappa shape index (κ1) is 26.4. The van der Waals surface area contributed by atoms with Crippen molar-refractivity contribution in [2.24, 2.45) is 10.7 Å². The van der Waals surface area contributed by atoms with Crippen LogP contribution in [0.4, 0.5) is 0 Å². The minimum Gasteiger partial charge on any atom is -0.484 e. The summed E-state index contributed by atoms with van der Waals surface area (Å²) >= 11 is 0. The molecule has 1 fully saturated rings. The lowest BCUT2D eigenvalue weighted by Crippen LogP contribution is -2.49. The zero-order chi connectivity index (χ0) is 21.3. The number of aliphatic imine (C=N–C) groups is 1. The zero-order valence-corrected chi connectivity index (χ0v) is 20.6. The molecule has 1 aliphatic rings. The Morgan fingerprint density at radius 3 is 2.63 bits per heavy atom.